The van der Waals surface area contributed by atoms with Crippen LogP contribution in [-0.2, 0) is 17.9 Å². The number of hydrogen-bond donors (Lipinski definition) is 1. The molecule has 0 saturated carbocycles. The maximum Gasteiger partial charge on any atom is 0.242 e. The normalized spacial score (nSPS) is 10.4. The minimum atomic E-state index is 0.0785. The monoisotopic (exact) mass is 224 g/mol. The van der Waals surface area contributed by atoms with Crippen molar-refractivity contribution in [1.82, 2.24) is 19.8 Å². The van der Waals surface area contributed by atoms with Crippen LogP contribution in [0.3, 0.4) is 0 Å². The van der Waals surface area contributed by atoms with Crippen molar-refractivity contribution in [3.8, 4) is 0 Å². The van der Waals surface area contributed by atoms with Crippen LogP contribution in [0.5, 0.6) is 0 Å². The molecule has 0 unspecified atom stereocenters. The van der Waals surface area contributed by atoms with Crippen LogP contribution in [-0.4, -0.2) is 41.0 Å². The molecular weight excluding hydrogens is 204 g/mol. The molecule has 0 fully saturated rings. The highest BCUT2D eigenvalue weighted by Crippen LogP contribution is 1.98. The van der Waals surface area contributed by atoms with Crippen molar-refractivity contribution in [3.05, 3.63) is 18.2 Å². The minimum absolute atomic E-state index is 0.0785. The van der Waals surface area contributed by atoms with Crippen molar-refractivity contribution in [2.24, 2.45) is 0 Å². The predicted octanol–water partition coefficient (Wildman–Crippen LogP) is 0.471. The summed E-state index contributed by atoms with van der Waals surface area (Å²) in [6, 6.07) is 0. The largest absolute Gasteiger partial charge is 0.347 e. The number of carbonyl (C=O) groups excluding carboxylic acids is 1. The highest BCUT2D eigenvalue weighted by Gasteiger charge is 2.08. The molecule has 1 heterocycles. The molecule has 0 aliphatic heterocycles. The predicted molar refractivity (Wildman–Crippen MR) is 62.9 cm³/mol. The van der Waals surface area contributed by atoms with Crippen LogP contribution in [0.25, 0.3) is 0 Å². The zero-order valence-electron chi connectivity index (χ0n) is 10.2. The Kier molecular flexibility index (Phi) is 4.98. The smallest absolute Gasteiger partial charge is 0.242 e. The summed E-state index contributed by atoms with van der Waals surface area (Å²) in [6.45, 7) is 4.15. The summed E-state index contributed by atoms with van der Waals surface area (Å²) in [7, 11) is 3.52. The quantitative estimate of drug-likeness (QED) is 0.715. The number of carbonyl (C=O) groups is 1. The second kappa shape index (κ2) is 6.27. The van der Waals surface area contributed by atoms with Gasteiger partial charge in [-0.15, -0.1) is 0 Å². The van der Waals surface area contributed by atoms with Gasteiger partial charge in [0.1, 0.15) is 12.4 Å². The molecule has 0 bridgehead atoms. The van der Waals surface area contributed by atoms with Crippen LogP contribution < -0.4 is 5.32 Å². The van der Waals surface area contributed by atoms with Gasteiger partial charge in [0.25, 0.3) is 0 Å². The molecule has 1 aromatic heterocycles. The van der Waals surface area contributed by atoms with E-state index in [1.807, 2.05) is 10.8 Å². The molecule has 0 saturated heterocycles. The third-order valence-electron chi connectivity index (χ3n) is 2.32. The Hall–Kier alpha value is -1.36. The van der Waals surface area contributed by atoms with Crippen LogP contribution in [0.1, 0.15) is 19.2 Å². The first kappa shape index (κ1) is 12.7. The molecule has 5 heteroatoms. The molecule has 0 atom stereocenters. The first-order valence-electron chi connectivity index (χ1n) is 5.56. The van der Waals surface area contributed by atoms with Gasteiger partial charge in [-0.1, -0.05) is 6.92 Å². The summed E-state index contributed by atoms with van der Waals surface area (Å²) in [5.41, 5.74) is 0. The van der Waals surface area contributed by atoms with Crippen molar-refractivity contribution in [2.75, 3.05) is 20.6 Å². The Labute approximate surface area is 96.5 Å². The summed E-state index contributed by atoms with van der Waals surface area (Å²) >= 11 is 0. The first-order valence-corrected chi connectivity index (χ1v) is 5.56. The average Bonchev–Trinajstić information content (AvgIpc) is 2.66. The van der Waals surface area contributed by atoms with Crippen LogP contribution in [0.4, 0.5) is 0 Å². The molecule has 0 aliphatic carbocycles. The minimum Gasteiger partial charge on any atom is -0.347 e. The first-order chi connectivity index (χ1) is 7.65. The van der Waals surface area contributed by atoms with Crippen LogP contribution in [0, 0.1) is 0 Å². The number of aromatic nitrogens is 2. The van der Waals surface area contributed by atoms with Crippen molar-refractivity contribution >= 4 is 5.91 Å². The van der Waals surface area contributed by atoms with E-state index in [1.165, 1.54) is 0 Å². The lowest BCUT2D eigenvalue weighted by Crippen LogP contribution is -2.27. The molecule has 5 nitrogen and oxygen atoms in total. The zero-order chi connectivity index (χ0) is 12.0. The third kappa shape index (κ3) is 3.66. The molecule has 0 aromatic carbocycles. The Morgan fingerprint density at radius 3 is 2.94 bits per heavy atom. The number of imidazole rings is 1. The standard InChI is InChI=1S/C11H20N4O/c1-4-5-12-8-10-13-6-7-15(10)9-11(16)14(2)3/h6-7,12H,4-5,8-9H2,1-3H3. The molecule has 1 aromatic rings. The third-order valence-corrected chi connectivity index (χ3v) is 2.32. The van der Waals surface area contributed by atoms with E-state index in [0.29, 0.717) is 13.1 Å². The van der Waals surface area contributed by atoms with Gasteiger partial charge >= 0.3 is 0 Å². The number of nitrogens with zero attached hydrogens (tertiary/aromatic N) is 3. The summed E-state index contributed by atoms with van der Waals surface area (Å²) in [4.78, 5) is 17.4. The molecule has 16 heavy (non-hydrogen) atoms. The van der Waals surface area contributed by atoms with E-state index < -0.39 is 0 Å². The van der Waals surface area contributed by atoms with Gasteiger partial charge in [0.15, 0.2) is 0 Å². The van der Waals surface area contributed by atoms with Crippen molar-refractivity contribution in [3.63, 3.8) is 0 Å². The van der Waals surface area contributed by atoms with E-state index in [9.17, 15) is 4.79 Å². The van der Waals surface area contributed by atoms with Gasteiger partial charge < -0.3 is 14.8 Å². The molecule has 0 aliphatic rings. The second-order valence-electron chi connectivity index (χ2n) is 3.94. The fraction of sp³-hybridized carbons (Fsp3) is 0.636. The Morgan fingerprint density at radius 2 is 2.31 bits per heavy atom. The second-order valence-corrected chi connectivity index (χ2v) is 3.94. The number of amides is 1. The summed E-state index contributed by atoms with van der Waals surface area (Å²) in [5, 5.41) is 3.27. The van der Waals surface area contributed by atoms with Gasteiger partial charge in [-0.2, -0.15) is 0 Å². The lowest BCUT2D eigenvalue weighted by molar-refractivity contribution is -0.129. The van der Waals surface area contributed by atoms with E-state index in [2.05, 4.69) is 17.2 Å². The fourth-order valence-corrected chi connectivity index (χ4v) is 1.32. The van der Waals surface area contributed by atoms with Crippen molar-refractivity contribution < 1.29 is 4.79 Å². The van der Waals surface area contributed by atoms with Crippen LogP contribution >= 0.6 is 0 Å². The van der Waals surface area contributed by atoms with Gasteiger partial charge in [-0.05, 0) is 13.0 Å². The molecular formula is C11H20N4O. The van der Waals surface area contributed by atoms with Gasteiger partial charge in [-0.3, -0.25) is 4.79 Å². The molecule has 1 rings (SSSR count). The van der Waals surface area contributed by atoms with E-state index in [1.54, 1.807) is 25.2 Å². The number of rotatable bonds is 6. The van der Waals surface area contributed by atoms with Gasteiger partial charge in [-0.25, -0.2) is 4.98 Å². The molecule has 0 radical (unpaired) electrons. The maximum absolute atomic E-state index is 11.5. The van der Waals surface area contributed by atoms with Crippen molar-refractivity contribution in [1.29, 1.82) is 0 Å². The molecule has 0 spiro atoms. The topological polar surface area (TPSA) is 50.2 Å². The average molecular weight is 224 g/mol. The summed E-state index contributed by atoms with van der Waals surface area (Å²) in [6.07, 6.45) is 4.66. The lowest BCUT2D eigenvalue weighted by atomic mass is 10.4. The number of likely N-dealkylation sites (N-methyl/N-ethyl adjacent to an activating group) is 1. The summed E-state index contributed by atoms with van der Waals surface area (Å²) in [5.74, 6) is 0.985. The Bertz CT molecular complexity index is 332. The maximum atomic E-state index is 11.5. The lowest BCUT2D eigenvalue weighted by Gasteiger charge is -2.12. The van der Waals surface area contributed by atoms with Gasteiger partial charge in [0.2, 0.25) is 5.91 Å². The Morgan fingerprint density at radius 1 is 1.56 bits per heavy atom. The SMILES string of the molecule is CCCNCc1nccn1CC(=O)N(C)C. The molecule has 90 valence electrons. The zero-order valence-corrected chi connectivity index (χ0v) is 10.2. The van der Waals surface area contributed by atoms with Crippen molar-refractivity contribution in [2.45, 2.75) is 26.4 Å². The molecule has 1 amide bonds. The fourth-order valence-electron chi connectivity index (χ4n) is 1.32. The van der Waals surface area contributed by atoms with E-state index in [0.717, 1.165) is 18.8 Å². The highest BCUT2D eigenvalue weighted by atomic mass is 16.2. The highest BCUT2D eigenvalue weighted by molar-refractivity contribution is 5.75. The van der Waals surface area contributed by atoms with Gasteiger partial charge in [0.05, 0.1) is 6.54 Å². The van der Waals surface area contributed by atoms with Gasteiger partial charge in [0, 0.05) is 26.5 Å². The van der Waals surface area contributed by atoms with Crippen LogP contribution in [0.15, 0.2) is 12.4 Å². The van der Waals surface area contributed by atoms with E-state index in [-0.39, 0.29) is 5.91 Å². The summed E-state index contributed by atoms with van der Waals surface area (Å²) < 4.78 is 1.88. The van der Waals surface area contributed by atoms with Crippen LogP contribution in [0.2, 0.25) is 0 Å². The van der Waals surface area contributed by atoms with E-state index >= 15 is 0 Å². The van der Waals surface area contributed by atoms with E-state index in [4.69, 9.17) is 0 Å². The molecule has 1 N–H and O–H groups in total. The Balaban J connectivity index is 2.53. The number of hydrogen-bond acceptors (Lipinski definition) is 3. The number of nitrogens with one attached hydrogen (secondary N) is 1.